The zero-order valence-corrected chi connectivity index (χ0v) is 16.7. The van der Waals surface area contributed by atoms with Crippen molar-refractivity contribution in [2.45, 2.75) is 29.9 Å². The highest BCUT2D eigenvalue weighted by Gasteiger charge is 2.08. The number of methoxy groups -OCH3 is 1. The van der Waals surface area contributed by atoms with Gasteiger partial charge in [-0.2, -0.15) is 0 Å². The monoisotopic (exact) mass is 393 g/mol. The van der Waals surface area contributed by atoms with E-state index < -0.39 is 10.8 Å². The normalized spacial score (nSPS) is 11.8. The third kappa shape index (κ3) is 5.86. The minimum absolute atomic E-state index is 0.205. The Hall–Kier alpha value is -2.79. The van der Waals surface area contributed by atoms with Crippen LogP contribution in [0.15, 0.2) is 78.0 Å². The summed E-state index contributed by atoms with van der Waals surface area (Å²) in [6.07, 6.45) is 5.16. The Morgan fingerprint density at radius 3 is 2.50 bits per heavy atom. The second-order valence-corrected chi connectivity index (χ2v) is 8.01. The Balaban J connectivity index is 1.52. The molecule has 1 unspecified atom stereocenters. The van der Waals surface area contributed by atoms with E-state index in [1.165, 1.54) is 0 Å². The molecule has 0 N–H and O–H groups in total. The van der Waals surface area contributed by atoms with E-state index in [4.69, 9.17) is 4.74 Å². The van der Waals surface area contributed by atoms with Gasteiger partial charge in [0, 0.05) is 30.1 Å². The molecule has 5 heteroatoms. The number of pyridine rings is 1. The van der Waals surface area contributed by atoms with E-state index >= 15 is 0 Å². The van der Waals surface area contributed by atoms with Gasteiger partial charge >= 0.3 is 0 Å². The van der Waals surface area contributed by atoms with Crippen LogP contribution in [-0.2, 0) is 34.2 Å². The quantitative estimate of drug-likeness (QED) is 0.548. The molecular formula is C23H23NO3S. The summed E-state index contributed by atoms with van der Waals surface area (Å²) in [7, 11) is 0.455. The summed E-state index contributed by atoms with van der Waals surface area (Å²) in [5.41, 5.74) is 3.03. The molecule has 144 valence electrons. The molecule has 0 fully saturated rings. The molecule has 0 spiro atoms. The van der Waals surface area contributed by atoms with E-state index in [-0.39, 0.29) is 5.78 Å². The molecule has 0 aliphatic carbocycles. The maximum absolute atomic E-state index is 12.6. The summed E-state index contributed by atoms with van der Waals surface area (Å²) < 4.78 is 17.7. The lowest BCUT2D eigenvalue weighted by atomic mass is 10.0. The van der Waals surface area contributed by atoms with Crippen molar-refractivity contribution in [2.75, 3.05) is 7.11 Å². The van der Waals surface area contributed by atoms with Crippen molar-refractivity contribution < 1.29 is 13.7 Å². The summed E-state index contributed by atoms with van der Waals surface area (Å²) in [4.78, 5) is 17.0. The predicted octanol–water partition coefficient (Wildman–Crippen LogP) is 4.14. The van der Waals surface area contributed by atoms with Gasteiger partial charge in [-0.15, -0.1) is 0 Å². The average Bonchev–Trinajstić information content (AvgIpc) is 2.74. The van der Waals surface area contributed by atoms with Gasteiger partial charge in [-0.3, -0.25) is 14.0 Å². The molecule has 1 atom stereocenters. The molecule has 1 heterocycles. The highest BCUT2D eigenvalue weighted by Crippen LogP contribution is 2.18. The molecule has 1 aromatic heterocycles. The first kappa shape index (κ1) is 20.0. The highest BCUT2D eigenvalue weighted by molar-refractivity contribution is 7.84. The van der Waals surface area contributed by atoms with Crippen molar-refractivity contribution in [1.82, 2.24) is 4.98 Å². The van der Waals surface area contributed by atoms with Crippen LogP contribution >= 0.6 is 0 Å². The van der Waals surface area contributed by atoms with Crippen molar-refractivity contribution in [1.29, 1.82) is 0 Å². The lowest BCUT2D eigenvalue weighted by Crippen LogP contribution is -2.05. The van der Waals surface area contributed by atoms with E-state index in [0.29, 0.717) is 30.8 Å². The van der Waals surface area contributed by atoms with Crippen LogP contribution in [-0.4, -0.2) is 22.1 Å². The maximum Gasteiger partial charge on any atom is 0.137 e. The number of hydrogen-bond acceptors (Lipinski definition) is 4. The first-order valence-electron chi connectivity index (χ1n) is 9.15. The standard InChI is InChI=1S/C23H23NO3S/c1-27-22-5-2-6-23(15-22)28(26)17-20-9-7-18(8-10-20)14-21(25)12-11-19-4-3-13-24-16-19/h2-10,13,15-16H,11-12,14,17H2,1H3. The van der Waals surface area contributed by atoms with E-state index in [1.54, 1.807) is 25.6 Å². The van der Waals surface area contributed by atoms with Crippen LogP contribution in [0.1, 0.15) is 23.1 Å². The molecule has 3 aromatic rings. The van der Waals surface area contributed by atoms with E-state index in [2.05, 4.69) is 4.98 Å². The second kappa shape index (κ2) is 9.95. The Bertz CT molecular complexity index is 940. The fourth-order valence-electron chi connectivity index (χ4n) is 2.88. The van der Waals surface area contributed by atoms with Gasteiger partial charge in [0.15, 0.2) is 0 Å². The van der Waals surface area contributed by atoms with Gasteiger partial charge in [-0.25, -0.2) is 0 Å². The zero-order chi connectivity index (χ0) is 19.8. The van der Waals surface area contributed by atoms with E-state index in [0.717, 1.165) is 21.6 Å². The zero-order valence-electron chi connectivity index (χ0n) is 15.8. The average molecular weight is 394 g/mol. The van der Waals surface area contributed by atoms with Crippen LogP contribution in [0.5, 0.6) is 5.75 Å². The first-order chi connectivity index (χ1) is 13.6. The third-order valence-corrected chi connectivity index (χ3v) is 5.82. The molecule has 0 aliphatic heterocycles. The van der Waals surface area contributed by atoms with Gasteiger partial charge in [0.2, 0.25) is 0 Å². The fourth-order valence-corrected chi connectivity index (χ4v) is 4.02. The summed E-state index contributed by atoms with van der Waals surface area (Å²) in [6.45, 7) is 0. The van der Waals surface area contributed by atoms with Crippen LogP contribution < -0.4 is 4.74 Å². The number of carbonyl (C=O) groups excluding carboxylic acids is 1. The number of hydrogen-bond donors (Lipinski definition) is 0. The van der Waals surface area contributed by atoms with E-state index in [1.807, 2.05) is 54.6 Å². The summed E-state index contributed by atoms with van der Waals surface area (Å²) in [6, 6.07) is 19.0. The number of carbonyl (C=O) groups is 1. The molecule has 0 bridgehead atoms. The number of Topliss-reactive ketones (excluding diaryl/α,β-unsaturated/α-hetero) is 1. The number of nitrogens with zero attached hydrogens (tertiary/aromatic N) is 1. The van der Waals surface area contributed by atoms with Crippen molar-refractivity contribution in [3.05, 3.63) is 89.7 Å². The minimum atomic E-state index is -1.14. The number of rotatable bonds is 9. The largest absolute Gasteiger partial charge is 0.497 e. The number of ketones is 1. The molecule has 4 nitrogen and oxygen atoms in total. The van der Waals surface area contributed by atoms with Crippen molar-refractivity contribution in [2.24, 2.45) is 0 Å². The lowest BCUT2D eigenvalue weighted by Gasteiger charge is -2.06. The molecule has 0 aliphatic rings. The Morgan fingerprint density at radius 2 is 1.79 bits per heavy atom. The van der Waals surface area contributed by atoms with Crippen molar-refractivity contribution in [3.8, 4) is 5.75 Å². The Kier molecular flexibility index (Phi) is 7.09. The van der Waals surface area contributed by atoms with Crippen molar-refractivity contribution >= 4 is 16.6 Å². The SMILES string of the molecule is COc1cccc(S(=O)Cc2ccc(CC(=O)CCc3cccnc3)cc2)c1. The molecule has 0 saturated heterocycles. The number of benzene rings is 2. The molecule has 0 saturated carbocycles. The summed E-state index contributed by atoms with van der Waals surface area (Å²) in [5.74, 6) is 1.34. The minimum Gasteiger partial charge on any atom is -0.497 e. The first-order valence-corrected chi connectivity index (χ1v) is 10.5. The molecule has 3 rings (SSSR count). The number of aromatic nitrogens is 1. The molecule has 0 amide bonds. The Morgan fingerprint density at radius 1 is 1.00 bits per heavy atom. The van der Waals surface area contributed by atoms with Gasteiger partial charge in [-0.1, -0.05) is 36.4 Å². The van der Waals surface area contributed by atoms with Crippen LogP contribution in [0.2, 0.25) is 0 Å². The molecule has 28 heavy (non-hydrogen) atoms. The third-order valence-electron chi connectivity index (χ3n) is 4.44. The van der Waals surface area contributed by atoms with Gasteiger partial charge in [0.05, 0.1) is 23.7 Å². The van der Waals surface area contributed by atoms with Gasteiger partial charge < -0.3 is 4.74 Å². The van der Waals surface area contributed by atoms with Crippen LogP contribution in [0.25, 0.3) is 0 Å². The number of aryl methyl sites for hydroxylation is 1. The van der Waals surface area contributed by atoms with Gasteiger partial charge in [0.25, 0.3) is 0 Å². The predicted molar refractivity (Wildman–Crippen MR) is 111 cm³/mol. The van der Waals surface area contributed by atoms with E-state index in [9.17, 15) is 9.00 Å². The summed E-state index contributed by atoms with van der Waals surface area (Å²) >= 11 is 0. The van der Waals surface area contributed by atoms with Gasteiger partial charge in [-0.05, 0) is 47.4 Å². The second-order valence-electron chi connectivity index (χ2n) is 6.56. The molecule has 0 radical (unpaired) electrons. The van der Waals surface area contributed by atoms with Crippen LogP contribution in [0.3, 0.4) is 0 Å². The van der Waals surface area contributed by atoms with Crippen LogP contribution in [0, 0.1) is 0 Å². The van der Waals surface area contributed by atoms with Crippen molar-refractivity contribution in [3.63, 3.8) is 0 Å². The van der Waals surface area contributed by atoms with Gasteiger partial charge in [0.1, 0.15) is 11.5 Å². The lowest BCUT2D eigenvalue weighted by molar-refractivity contribution is -0.118. The molecule has 2 aromatic carbocycles. The van der Waals surface area contributed by atoms with Crippen LogP contribution in [0.4, 0.5) is 0 Å². The maximum atomic E-state index is 12.6. The summed E-state index contributed by atoms with van der Waals surface area (Å²) in [5, 5.41) is 0. The number of ether oxygens (including phenoxy) is 1. The smallest absolute Gasteiger partial charge is 0.137 e. The Labute approximate surface area is 168 Å². The topological polar surface area (TPSA) is 56.3 Å². The molecular weight excluding hydrogens is 370 g/mol. The fraction of sp³-hybridized carbons (Fsp3) is 0.217. The highest BCUT2D eigenvalue weighted by atomic mass is 32.2.